The predicted octanol–water partition coefficient (Wildman–Crippen LogP) is 1.12. The van der Waals surface area contributed by atoms with Gasteiger partial charge in [-0.25, -0.2) is 4.39 Å². The number of rotatable bonds is 4. The first-order valence-corrected chi connectivity index (χ1v) is 5.87. The van der Waals surface area contributed by atoms with Crippen LogP contribution in [0, 0.1) is 5.82 Å². The first kappa shape index (κ1) is 15.3. The highest BCUT2D eigenvalue weighted by atomic mass is 19.4. The number of nitrogens with zero attached hydrogens (tertiary/aromatic N) is 4. The molecule has 6 nitrogen and oxygen atoms in total. The second kappa shape index (κ2) is 5.74. The lowest BCUT2D eigenvalue weighted by Crippen LogP contribution is -2.30. The fraction of sp³-hybridized carbons (Fsp3) is 0.364. The molecular weight excluding hydrogens is 292 g/mol. The van der Waals surface area contributed by atoms with E-state index in [4.69, 9.17) is 5.84 Å². The number of hydrogen-bond acceptors (Lipinski definition) is 5. The average Bonchev–Trinajstić information content (AvgIpc) is 2.81. The minimum absolute atomic E-state index is 0.118. The standard InChI is InChI=1S/C11H12F4N6/c1-21-19-10(18-20-21)5-9(17-16)6-2-3-8(12)7(4-6)11(13,14)15/h2-4,9,17H,5,16H2,1H3. The Morgan fingerprint density at radius 1 is 1.38 bits per heavy atom. The van der Waals surface area contributed by atoms with Crippen LogP contribution >= 0.6 is 0 Å². The number of hydrazine groups is 1. The molecule has 1 aromatic heterocycles. The molecule has 1 heterocycles. The van der Waals surface area contributed by atoms with Gasteiger partial charge in [0.1, 0.15) is 5.82 Å². The molecule has 0 spiro atoms. The SMILES string of the molecule is Cn1nnc(CC(NN)c2ccc(F)c(C(F)(F)F)c2)n1. The number of alkyl halides is 3. The second-order valence-corrected chi connectivity index (χ2v) is 4.36. The third-order valence-electron chi connectivity index (χ3n) is 2.84. The molecule has 1 unspecified atom stereocenters. The van der Waals surface area contributed by atoms with E-state index < -0.39 is 23.6 Å². The summed E-state index contributed by atoms with van der Waals surface area (Å²) in [6, 6.07) is 2.00. The van der Waals surface area contributed by atoms with E-state index in [0.29, 0.717) is 5.82 Å². The van der Waals surface area contributed by atoms with E-state index in [1.807, 2.05) is 0 Å². The number of aryl methyl sites for hydroxylation is 1. The Kier molecular flexibility index (Phi) is 4.19. The Morgan fingerprint density at radius 3 is 2.62 bits per heavy atom. The van der Waals surface area contributed by atoms with Gasteiger partial charge in [-0.15, -0.1) is 10.2 Å². The molecule has 3 N–H and O–H groups in total. The molecule has 21 heavy (non-hydrogen) atoms. The van der Waals surface area contributed by atoms with E-state index in [1.165, 1.54) is 10.9 Å². The van der Waals surface area contributed by atoms with Crippen molar-refractivity contribution < 1.29 is 17.6 Å². The van der Waals surface area contributed by atoms with Crippen molar-refractivity contribution in [3.63, 3.8) is 0 Å². The van der Waals surface area contributed by atoms with Crippen molar-refractivity contribution in [2.24, 2.45) is 12.9 Å². The fourth-order valence-electron chi connectivity index (χ4n) is 1.84. The lowest BCUT2D eigenvalue weighted by atomic mass is 10.0. The highest BCUT2D eigenvalue weighted by Crippen LogP contribution is 2.33. The number of nitrogens with two attached hydrogens (primary N) is 1. The normalized spacial score (nSPS) is 13.4. The summed E-state index contributed by atoms with van der Waals surface area (Å²) in [5, 5.41) is 11.3. The monoisotopic (exact) mass is 304 g/mol. The van der Waals surface area contributed by atoms with Crippen LogP contribution in [-0.2, 0) is 19.6 Å². The lowest BCUT2D eigenvalue weighted by molar-refractivity contribution is -0.140. The van der Waals surface area contributed by atoms with Crippen LogP contribution in [-0.4, -0.2) is 20.2 Å². The fourth-order valence-corrected chi connectivity index (χ4v) is 1.84. The van der Waals surface area contributed by atoms with Gasteiger partial charge in [0.2, 0.25) is 0 Å². The molecular formula is C11H12F4N6. The highest BCUT2D eigenvalue weighted by Gasteiger charge is 2.34. The molecule has 10 heteroatoms. The van der Waals surface area contributed by atoms with E-state index in [9.17, 15) is 17.6 Å². The minimum atomic E-state index is -4.77. The molecule has 0 amide bonds. The van der Waals surface area contributed by atoms with Crippen molar-refractivity contribution in [3.05, 3.63) is 41.0 Å². The van der Waals surface area contributed by atoms with Crippen LogP contribution in [0.4, 0.5) is 17.6 Å². The topological polar surface area (TPSA) is 81.7 Å². The maximum Gasteiger partial charge on any atom is 0.419 e. The van der Waals surface area contributed by atoms with Crippen LogP contribution in [0.5, 0.6) is 0 Å². The lowest BCUT2D eigenvalue weighted by Gasteiger charge is -2.17. The smallest absolute Gasteiger partial charge is 0.271 e. The van der Waals surface area contributed by atoms with Gasteiger partial charge >= 0.3 is 6.18 Å². The van der Waals surface area contributed by atoms with Crippen LogP contribution in [0.25, 0.3) is 0 Å². The van der Waals surface area contributed by atoms with Crippen LogP contribution in [0.3, 0.4) is 0 Å². The number of tetrazole rings is 1. The summed E-state index contributed by atoms with van der Waals surface area (Å²) in [5.41, 5.74) is 1.21. The molecule has 1 atom stereocenters. The van der Waals surface area contributed by atoms with E-state index in [-0.39, 0.29) is 12.0 Å². The Labute approximate surface area is 116 Å². The van der Waals surface area contributed by atoms with E-state index in [2.05, 4.69) is 20.8 Å². The maximum atomic E-state index is 13.3. The molecule has 2 rings (SSSR count). The van der Waals surface area contributed by atoms with Crippen molar-refractivity contribution >= 4 is 0 Å². The van der Waals surface area contributed by atoms with Gasteiger partial charge in [-0.05, 0) is 22.9 Å². The zero-order valence-corrected chi connectivity index (χ0v) is 10.9. The van der Waals surface area contributed by atoms with Gasteiger partial charge < -0.3 is 0 Å². The molecule has 0 saturated heterocycles. The molecule has 2 aromatic rings. The minimum Gasteiger partial charge on any atom is -0.271 e. The largest absolute Gasteiger partial charge is 0.419 e. The zero-order chi connectivity index (χ0) is 15.6. The number of hydrogen-bond donors (Lipinski definition) is 2. The first-order valence-electron chi connectivity index (χ1n) is 5.87. The average molecular weight is 304 g/mol. The van der Waals surface area contributed by atoms with Crippen LogP contribution in [0.1, 0.15) is 23.0 Å². The highest BCUT2D eigenvalue weighted by molar-refractivity contribution is 5.29. The summed E-state index contributed by atoms with van der Waals surface area (Å²) < 4.78 is 51.3. The van der Waals surface area contributed by atoms with E-state index in [1.54, 1.807) is 7.05 Å². The molecule has 0 aliphatic rings. The summed E-state index contributed by atoms with van der Waals surface area (Å²) in [7, 11) is 1.56. The molecule has 0 bridgehead atoms. The Balaban J connectivity index is 2.30. The third kappa shape index (κ3) is 3.52. The van der Waals surface area contributed by atoms with Gasteiger partial charge in [0, 0.05) is 6.42 Å². The molecule has 0 fully saturated rings. The van der Waals surface area contributed by atoms with Crippen molar-refractivity contribution in [1.82, 2.24) is 25.6 Å². The third-order valence-corrected chi connectivity index (χ3v) is 2.84. The number of nitrogens with one attached hydrogen (secondary N) is 1. The quantitative estimate of drug-likeness (QED) is 0.502. The Morgan fingerprint density at radius 2 is 2.10 bits per heavy atom. The van der Waals surface area contributed by atoms with Gasteiger partial charge in [-0.2, -0.15) is 18.0 Å². The van der Waals surface area contributed by atoms with E-state index in [0.717, 1.165) is 12.1 Å². The van der Waals surface area contributed by atoms with Gasteiger partial charge in [0.25, 0.3) is 0 Å². The van der Waals surface area contributed by atoms with Crippen molar-refractivity contribution in [1.29, 1.82) is 0 Å². The molecule has 114 valence electrons. The predicted molar refractivity (Wildman–Crippen MR) is 64.0 cm³/mol. The molecule has 0 aliphatic carbocycles. The summed E-state index contributed by atoms with van der Waals surface area (Å²) in [5.74, 6) is 4.32. The van der Waals surface area contributed by atoms with Gasteiger partial charge in [-0.3, -0.25) is 11.3 Å². The number of halogens is 4. The summed E-state index contributed by atoms with van der Waals surface area (Å²) in [4.78, 5) is 1.22. The number of aromatic nitrogens is 4. The Bertz CT molecular complexity index is 623. The van der Waals surface area contributed by atoms with Crippen molar-refractivity contribution in [2.45, 2.75) is 18.6 Å². The molecule has 0 radical (unpaired) electrons. The summed E-state index contributed by atoms with van der Waals surface area (Å²) in [6.07, 6.45) is -4.66. The van der Waals surface area contributed by atoms with Crippen LogP contribution < -0.4 is 11.3 Å². The van der Waals surface area contributed by atoms with Crippen LogP contribution in [0.15, 0.2) is 18.2 Å². The maximum absolute atomic E-state index is 13.3. The summed E-state index contributed by atoms with van der Waals surface area (Å²) >= 11 is 0. The van der Waals surface area contributed by atoms with Crippen molar-refractivity contribution in [2.75, 3.05) is 0 Å². The second-order valence-electron chi connectivity index (χ2n) is 4.36. The zero-order valence-electron chi connectivity index (χ0n) is 10.9. The molecule has 0 saturated carbocycles. The molecule has 1 aromatic carbocycles. The van der Waals surface area contributed by atoms with Crippen LogP contribution in [0.2, 0.25) is 0 Å². The first-order chi connectivity index (χ1) is 9.81. The van der Waals surface area contributed by atoms with E-state index >= 15 is 0 Å². The van der Waals surface area contributed by atoms with Gasteiger partial charge in [-0.1, -0.05) is 6.07 Å². The Hall–Kier alpha value is -2.07. The van der Waals surface area contributed by atoms with Gasteiger partial charge in [0.15, 0.2) is 5.82 Å². The molecule has 0 aliphatic heterocycles. The van der Waals surface area contributed by atoms with Gasteiger partial charge in [0.05, 0.1) is 18.7 Å². The van der Waals surface area contributed by atoms with Crippen molar-refractivity contribution in [3.8, 4) is 0 Å². The summed E-state index contributed by atoms with van der Waals surface area (Å²) in [6.45, 7) is 0. The number of benzene rings is 1.